The number of halogens is 5. The molecule has 0 aliphatic heterocycles. The van der Waals surface area contributed by atoms with Crippen LogP contribution >= 0.6 is 12.4 Å². The molecule has 0 unspecified atom stereocenters. The number of likely N-dealkylation sites (N-methyl/N-ethyl adjacent to an activating group) is 1. The molecule has 4 nitrogen and oxygen atoms in total. The third-order valence-electron chi connectivity index (χ3n) is 5.48. The highest BCUT2D eigenvalue weighted by Gasteiger charge is 2.37. The average Bonchev–Trinajstić information content (AvgIpc) is 2.85. The molecule has 0 saturated heterocycles. The SMILES string of the molecule is CN(C)C1(CNc2nc(C(F)(F)F)nc3ccc(F)cc23)CCCCCC1.Cl. The van der Waals surface area contributed by atoms with E-state index in [4.69, 9.17) is 0 Å². The van der Waals surface area contributed by atoms with Gasteiger partial charge in [-0.3, -0.25) is 0 Å². The van der Waals surface area contributed by atoms with Crippen molar-refractivity contribution in [2.75, 3.05) is 26.0 Å². The highest BCUT2D eigenvalue weighted by atomic mass is 35.5. The Hall–Kier alpha value is -1.67. The van der Waals surface area contributed by atoms with Crippen LogP contribution in [0.1, 0.15) is 44.3 Å². The lowest BCUT2D eigenvalue weighted by Crippen LogP contribution is -2.49. The fourth-order valence-electron chi connectivity index (χ4n) is 3.78. The van der Waals surface area contributed by atoms with Crippen LogP contribution < -0.4 is 5.32 Å². The van der Waals surface area contributed by atoms with Crippen LogP contribution in [0.2, 0.25) is 0 Å². The Bertz CT molecular complexity index is 802. The smallest absolute Gasteiger partial charge is 0.368 e. The number of benzene rings is 1. The van der Waals surface area contributed by atoms with Gasteiger partial charge in [-0.05, 0) is 45.1 Å². The van der Waals surface area contributed by atoms with Crippen LogP contribution in [0, 0.1) is 5.82 Å². The molecule has 0 amide bonds. The Morgan fingerprint density at radius 2 is 1.71 bits per heavy atom. The topological polar surface area (TPSA) is 41.0 Å². The summed E-state index contributed by atoms with van der Waals surface area (Å²) < 4.78 is 53.3. The van der Waals surface area contributed by atoms with Crippen molar-refractivity contribution in [1.82, 2.24) is 14.9 Å². The Morgan fingerprint density at radius 1 is 1.07 bits per heavy atom. The van der Waals surface area contributed by atoms with Crippen LogP contribution in [-0.4, -0.2) is 41.0 Å². The highest BCUT2D eigenvalue weighted by Crippen LogP contribution is 2.34. The van der Waals surface area contributed by atoms with E-state index < -0.39 is 17.8 Å². The first-order valence-corrected chi connectivity index (χ1v) is 9.17. The normalized spacial score (nSPS) is 17.2. The predicted molar refractivity (Wildman–Crippen MR) is 104 cm³/mol. The van der Waals surface area contributed by atoms with Gasteiger partial charge in [0.1, 0.15) is 11.6 Å². The summed E-state index contributed by atoms with van der Waals surface area (Å²) in [5.41, 5.74) is -0.0968. The van der Waals surface area contributed by atoms with Crippen LogP contribution in [0.15, 0.2) is 18.2 Å². The zero-order chi connectivity index (χ0) is 19.7. The average molecular weight is 421 g/mol. The van der Waals surface area contributed by atoms with E-state index in [1.165, 1.54) is 12.1 Å². The molecule has 9 heteroatoms. The number of nitrogens with zero attached hydrogens (tertiary/aromatic N) is 3. The zero-order valence-electron chi connectivity index (χ0n) is 15.9. The van der Waals surface area contributed by atoms with Crippen molar-refractivity contribution in [1.29, 1.82) is 0 Å². The van der Waals surface area contributed by atoms with Gasteiger partial charge in [0.05, 0.1) is 5.52 Å². The van der Waals surface area contributed by atoms with Crippen molar-refractivity contribution < 1.29 is 17.6 Å². The van der Waals surface area contributed by atoms with Crippen LogP contribution in [0.4, 0.5) is 23.4 Å². The number of aromatic nitrogens is 2. The summed E-state index contributed by atoms with van der Waals surface area (Å²) in [6, 6.07) is 3.53. The number of rotatable bonds is 4. The number of nitrogens with one attached hydrogen (secondary N) is 1. The second-order valence-electron chi connectivity index (χ2n) is 7.44. The van der Waals surface area contributed by atoms with Gasteiger partial charge in [0.2, 0.25) is 5.82 Å². The first-order valence-electron chi connectivity index (χ1n) is 9.17. The summed E-state index contributed by atoms with van der Waals surface area (Å²) in [4.78, 5) is 9.38. The van der Waals surface area contributed by atoms with E-state index in [-0.39, 0.29) is 34.7 Å². The van der Waals surface area contributed by atoms with Crippen molar-refractivity contribution in [3.8, 4) is 0 Å². The maximum Gasteiger partial charge on any atom is 0.451 e. The van der Waals surface area contributed by atoms with Gasteiger partial charge in [-0.1, -0.05) is 25.7 Å². The first kappa shape index (κ1) is 22.6. The second-order valence-corrected chi connectivity index (χ2v) is 7.44. The number of hydrogen-bond donors (Lipinski definition) is 1. The maximum absolute atomic E-state index is 13.7. The maximum atomic E-state index is 13.7. The summed E-state index contributed by atoms with van der Waals surface area (Å²) in [5.74, 6) is -1.73. The van der Waals surface area contributed by atoms with E-state index in [1.54, 1.807) is 0 Å². The van der Waals surface area contributed by atoms with E-state index in [9.17, 15) is 17.6 Å². The van der Waals surface area contributed by atoms with Crippen molar-refractivity contribution in [3.63, 3.8) is 0 Å². The third-order valence-corrected chi connectivity index (χ3v) is 5.48. The van der Waals surface area contributed by atoms with E-state index in [0.29, 0.717) is 6.54 Å². The second kappa shape index (κ2) is 8.78. The summed E-state index contributed by atoms with van der Waals surface area (Å²) >= 11 is 0. The van der Waals surface area contributed by atoms with E-state index in [2.05, 4.69) is 20.2 Å². The fourth-order valence-corrected chi connectivity index (χ4v) is 3.78. The fraction of sp³-hybridized carbons (Fsp3) is 0.579. The standard InChI is InChI=1S/C19H24F4N4.ClH/c1-27(2)18(9-5-3-4-6-10-18)12-24-16-14-11-13(20)7-8-15(14)25-17(26-16)19(21,22)23;/h7-8,11H,3-6,9-10,12H2,1-2H3,(H,24,25,26);1H. The molecular weight excluding hydrogens is 396 g/mol. The van der Waals surface area contributed by atoms with Gasteiger partial charge in [-0.15, -0.1) is 12.4 Å². The molecule has 1 aromatic heterocycles. The third kappa shape index (κ3) is 4.84. The molecule has 0 radical (unpaired) electrons. The molecule has 156 valence electrons. The predicted octanol–water partition coefficient (Wildman–Crippen LogP) is 5.28. The first-order chi connectivity index (χ1) is 12.7. The summed E-state index contributed by atoms with van der Waals surface area (Å²) in [7, 11) is 3.98. The highest BCUT2D eigenvalue weighted by molar-refractivity contribution is 5.89. The molecule has 1 fully saturated rings. The Kier molecular flexibility index (Phi) is 7.09. The molecule has 1 saturated carbocycles. The molecule has 0 atom stereocenters. The van der Waals surface area contributed by atoms with Crippen molar-refractivity contribution in [2.24, 2.45) is 0 Å². The molecule has 1 aromatic carbocycles. The molecule has 3 rings (SSSR count). The van der Waals surface area contributed by atoms with Crippen LogP contribution in [0.25, 0.3) is 10.9 Å². The van der Waals surface area contributed by atoms with Gasteiger partial charge in [0.15, 0.2) is 0 Å². The minimum Gasteiger partial charge on any atom is -0.368 e. The lowest BCUT2D eigenvalue weighted by Gasteiger charge is -2.40. The Labute approximate surface area is 168 Å². The zero-order valence-corrected chi connectivity index (χ0v) is 16.8. The summed E-state index contributed by atoms with van der Waals surface area (Å²) in [6.07, 6.45) is 1.72. The monoisotopic (exact) mass is 420 g/mol. The molecule has 1 aliphatic rings. The minimum absolute atomic E-state index is 0. The van der Waals surface area contributed by atoms with Crippen molar-refractivity contribution in [3.05, 3.63) is 29.8 Å². The molecule has 1 heterocycles. The number of hydrogen-bond acceptors (Lipinski definition) is 4. The summed E-state index contributed by atoms with van der Waals surface area (Å²) in [5, 5.41) is 3.34. The lowest BCUT2D eigenvalue weighted by molar-refractivity contribution is -0.144. The largest absolute Gasteiger partial charge is 0.451 e. The van der Waals surface area contributed by atoms with Crippen LogP contribution in [0.3, 0.4) is 0 Å². The Morgan fingerprint density at radius 3 is 2.29 bits per heavy atom. The van der Waals surface area contributed by atoms with Gasteiger partial charge in [-0.25, -0.2) is 14.4 Å². The number of anilines is 1. The van der Waals surface area contributed by atoms with Crippen LogP contribution in [-0.2, 0) is 6.18 Å². The molecule has 28 heavy (non-hydrogen) atoms. The molecule has 0 spiro atoms. The Balaban J connectivity index is 0.00000280. The number of fused-ring (bicyclic) bond motifs is 1. The lowest BCUT2D eigenvalue weighted by atomic mass is 9.88. The van der Waals surface area contributed by atoms with E-state index in [1.807, 2.05) is 14.1 Å². The van der Waals surface area contributed by atoms with Gasteiger partial charge in [0, 0.05) is 17.5 Å². The van der Waals surface area contributed by atoms with Crippen LogP contribution in [0.5, 0.6) is 0 Å². The van der Waals surface area contributed by atoms with E-state index >= 15 is 0 Å². The van der Waals surface area contributed by atoms with Gasteiger partial charge in [-0.2, -0.15) is 13.2 Å². The molecular formula is C19H25ClF4N4. The molecule has 1 N–H and O–H groups in total. The minimum atomic E-state index is -4.67. The molecule has 0 bridgehead atoms. The van der Waals surface area contributed by atoms with Gasteiger partial charge in [0.25, 0.3) is 0 Å². The van der Waals surface area contributed by atoms with Gasteiger partial charge < -0.3 is 10.2 Å². The van der Waals surface area contributed by atoms with Crippen molar-refractivity contribution in [2.45, 2.75) is 50.2 Å². The quantitative estimate of drug-likeness (QED) is 0.540. The summed E-state index contributed by atoms with van der Waals surface area (Å²) in [6.45, 7) is 0.444. The molecule has 2 aromatic rings. The van der Waals surface area contributed by atoms with Crippen molar-refractivity contribution >= 4 is 29.1 Å². The van der Waals surface area contributed by atoms with E-state index in [0.717, 1.165) is 44.6 Å². The van der Waals surface area contributed by atoms with Gasteiger partial charge >= 0.3 is 6.18 Å². The number of alkyl halides is 3. The molecule has 1 aliphatic carbocycles.